The molecule has 0 saturated heterocycles. The summed E-state index contributed by atoms with van der Waals surface area (Å²) >= 11 is 12.4. The molecule has 27 heavy (non-hydrogen) atoms. The second-order valence-corrected chi connectivity index (χ2v) is 7.46. The lowest BCUT2D eigenvalue weighted by Gasteiger charge is -2.10. The van der Waals surface area contributed by atoms with Crippen molar-refractivity contribution < 1.29 is 13.2 Å². The molecule has 0 saturated carbocycles. The SMILES string of the molecule is O=C(Nc1ccc(Cl)c(-c2ccccn2)c1)c1cc(C[SH](=O)=O)ccc1Cl. The minimum absolute atomic E-state index is 0.155. The van der Waals surface area contributed by atoms with Gasteiger partial charge in [-0.25, -0.2) is 8.42 Å². The molecule has 0 aliphatic heterocycles. The lowest BCUT2D eigenvalue weighted by atomic mass is 10.1. The minimum Gasteiger partial charge on any atom is -0.322 e. The van der Waals surface area contributed by atoms with Crippen LogP contribution in [0.4, 0.5) is 5.69 Å². The van der Waals surface area contributed by atoms with Gasteiger partial charge < -0.3 is 5.32 Å². The third-order valence-corrected chi connectivity index (χ3v) is 5.03. The number of halogens is 2. The van der Waals surface area contributed by atoms with Crippen LogP contribution in [-0.2, 0) is 16.5 Å². The smallest absolute Gasteiger partial charge is 0.257 e. The topological polar surface area (TPSA) is 76.1 Å². The zero-order valence-corrected chi connectivity index (χ0v) is 16.3. The number of carbonyl (C=O) groups is 1. The van der Waals surface area contributed by atoms with Gasteiger partial charge in [0.2, 0.25) is 0 Å². The molecule has 2 aromatic carbocycles. The van der Waals surface area contributed by atoms with Crippen LogP contribution in [0.1, 0.15) is 15.9 Å². The average Bonchev–Trinajstić information content (AvgIpc) is 2.65. The molecule has 8 heteroatoms. The summed E-state index contributed by atoms with van der Waals surface area (Å²) in [6.07, 6.45) is 1.66. The molecule has 0 aliphatic carbocycles. The molecule has 0 spiro atoms. The van der Waals surface area contributed by atoms with Crippen molar-refractivity contribution in [1.82, 2.24) is 4.98 Å². The van der Waals surface area contributed by atoms with Gasteiger partial charge in [-0.2, -0.15) is 0 Å². The molecule has 0 bridgehead atoms. The molecule has 3 aromatic rings. The molecule has 138 valence electrons. The molecule has 0 aliphatic rings. The van der Waals surface area contributed by atoms with Gasteiger partial charge in [0.25, 0.3) is 5.91 Å². The molecule has 1 amide bonds. The standard InChI is InChI=1S/C19H14Cl2N2O3S/c20-16-7-5-13(10-14(16)18-3-1-2-8-22-18)23-19(24)15-9-12(11-27(25)26)4-6-17(15)21/h1-10,27H,11H2,(H,23,24). The Morgan fingerprint density at radius 2 is 1.78 bits per heavy atom. The van der Waals surface area contributed by atoms with Gasteiger partial charge in [-0.3, -0.25) is 9.78 Å². The van der Waals surface area contributed by atoms with E-state index in [1.54, 1.807) is 36.5 Å². The zero-order chi connectivity index (χ0) is 19.4. The largest absolute Gasteiger partial charge is 0.322 e. The Morgan fingerprint density at radius 3 is 2.48 bits per heavy atom. The Hall–Kier alpha value is -2.41. The van der Waals surface area contributed by atoms with Gasteiger partial charge >= 0.3 is 0 Å². The van der Waals surface area contributed by atoms with E-state index in [9.17, 15) is 13.2 Å². The van der Waals surface area contributed by atoms with Crippen LogP contribution in [0.2, 0.25) is 10.0 Å². The second-order valence-electron chi connectivity index (χ2n) is 5.67. The zero-order valence-electron chi connectivity index (χ0n) is 13.9. The maximum absolute atomic E-state index is 12.6. The van der Waals surface area contributed by atoms with Crippen molar-refractivity contribution >= 4 is 45.5 Å². The van der Waals surface area contributed by atoms with Crippen molar-refractivity contribution in [2.45, 2.75) is 5.75 Å². The summed E-state index contributed by atoms with van der Waals surface area (Å²) in [6, 6.07) is 15.1. The Kier molecular flexibility index (Phi) is 6.11. The number of anilines is 1. The first-order valence-corrected chi connectivity index (χ1v) is 9.98. The molecule has 5 nitrogen and oxygen atoms in total. The maximum atomic E-state index is 12.6. The Morgan fingerprint density at radius 1 is 1.00 bits per heavy atom. The van der Waals surface area contributed by atoms with Crippen molar-refractivity contribution in [3.05, 3.63) is 82.0 Å². The van der Waals surface area contributed by atoms with E-state index in [0.717, 1.165) is 0 Å². The Labute approximate surface area is 167 Å². The Balaban J connectivity index is 1.89. The van der Waals surface area contributed by atoms with Gasteiger partial charge in [-0.1, -0.05) is 35.3 Å². The van der Waals surface area contributed by atoms with Gasteiger partial charge in [0.1, 0.15) is 10.7 Å². The summed E-state index contributed by atoms with van der Waals surface area (Å²) in [4.78, 5) is 16.9. The highest BCUT2D eigenvalue weighted by Gasteiger charge is 2.13. The van der Waals surface area contributed by atoms with Crippen molar-refractivity contribution in [3.8, 4) is 11.3 Å². The summed E-state index contributed by atoms with van der Waals surface area (Å²) < 4.78 is 21.8. The van der Waals surface area contributed by atoms with E-state index in [0.29, 0.717) is 27.5 Å². The predicted octanol–water partition coefficient (Wildman–Crippen LogP) is 4.42. The lowest BCUT2D eigenvalue weighted by Crippen LogP contribution is -2.13. The fraction of sp³-hybridized carbons (Fsp3) is 0.0526. The number of thiol groups is 1. The second kappa shape index (κ2) is 8.52. The number of nitrogens with zero attached hydrogens (tertiary/aromatic N) is 1. The number of carbonyl (C=O) groups excluding carboxylic acids is 1. The predicted molar refractivity (Wildman–Crippen MR) is 108 cm³/mol. The molecular formula is C19H14Cl2N2O3S. The number of pyridine rings is 1. The highest BCUT2D eigenvalue weighted by Crippen LogP contribution is 2.29. The maximum Gasteiger partial charge on any atom is 0.257 e. The number of nitrogens with one attached hydrogen (secondary N) is 1. The van der Waals surface area contributed by atoms with Crippen LogP contribution in [0.15, 0.2) is 60.8 Å². The van der Waals surface area contributed by atoms with Crippen molar-refractivity contribution in [2.24, 2.45) is 0 Å². The number of aromatic nitrogens is 1. The minimum atomic E-state index is -2.60. The van der Waals surface area contributed by atoms with E-state index in [4.69, 9.17) is 23.2 Å². The van der Waals surface area contributed by atoms with Crippen LogP contribution in [0.3, 0.4) is 0 Å². The summed E-state index contributed by atoms with van der Waals surface area (Å²) in [5, 5.41) is 3.49. The van der Waals surface area contributed by atoms with E-state index in [1.165, 1.54) is 12.1 Å². The van der Waals surface area contributed by atoms with Crippen molar-refractivity contribution in [3.63, 3.8) is 0 Å². The van der Waals surface area contributed by atoms with Crippen LogP contribution in [0.5, 0.6) is 0 Å². The molecule has 3 rings (SSSR count). The first-order chi connectivity index (χ1) is 12.9. The van der Waals surface area contributed by atoms with Crippen LogP contribution in [0, 0.1) is 0 Å². The lowest BCUT2D eigenvalue weighted by molar-refractivity contribution is 0.102. The van der Waals surface area contributed by atoms with Gasteiger partial charge in [0.15, 0.2) is 0 Å². The van der Waals surface area contributed by atoms with E-state index >= 15 is 0 Å². The van der Waals surface area contributed by atoms with Crippen molar-refractivity contribution in [1.29, 1.82) is 0 Å². The molecule has 1 heterocycles. The first-order valence-electron chi connectivity index (χ1n) is 7.86. The van der Waals surface area contributed by atoms with Gasteiger partial charge in [0, 0.05) is 17.4 Å². The summed E-state index contributed by atoms with van der Waals surface area (Å²) in [5.74, 6) is -0.602. The Bertz CT molecular complexity index is 1060. The number of rotatable bonds is 5. The fourth-order valence-corrected chi connectivity index (χ4v) is 3.43. The third kappa shape index (κ3) is 4.86. The van der Waals surface area contributed by atoms with Gasteiger partial charge in [0.05, 0.1) is 27.1 Å². The van der Waals surface area contributed by atoms with Gasteiger partial charge in [-0.15, -0.1) is 0 Å². The molecule has 0 unspecified atom stereocenters. The quantitative estimate of drug-likeness (QED) is 0.598. The number of benzene rings is 2. The number of amides is 1. The molecular weight excluding hydrogens is 407 g/mol. The highest BCUT2D eigenvalue weighted by molar-refractivity contribution is 7.71. The normalized spacial score (nSPS) is 10.8. The molecule has 0 radical (unpaired) electrons. The van der Waals surface area contributed by atoms with Crippen LogP contribution in [0.25, 0.3) is 11.3 Å². The average molecular weight is 421 g/mol. The number of hydrogen-bond donors (Lipinski definition) is 2. The first kappa shape index (κ1) is 19.4. The van der Waals surface area contributed by atoms with E-state index in [-0.39, 0.29) is 16.3 Å². The van der Waals surface area contributed by atoms with Crippen LogP contribution < -0.4 is 5.32 Å². The van der Waals surface area contributed by atoms with Crippen LogP contribution >= 0.6 is 23.2 Å². The van der Waals surface area contributed by atoms with E-state index in [2.05, 4.69) is 10.3 Å². The van der Waals surface area contributed by atoms with Gasteiger partial charge in [-0.05, 0) is 48.0 Å². The van der Waals surface area contributed by atoms with Crippen LogP contribution in [-0.4, -0.2) is 19.3 Å². The molecule has 1 N–H and O–H groups in total. The van der Waals surface area contributed by atoms with Crippen molar-refractivity contribution in [2.75, 3.05) is 5.32 Å². The summed E-state index contributed by atoms with van der Waals surface area (Å²) in [7, 11) is -2.60. The molecule has 0 fully saturated rings. The van der Waals surface area contributed by atoms with E-state index < -0.39 is 16.6 Å². The molecule has 0 atom stereocenters. The summed E-state index contributed by atoms with van der Waals surface area (Å²) in [5.41, 5.74) is 2.56. The summed E-state index contributed by atoms with van der Waals surface area (Å²) in [6.45, 7) is 0. The number of hydrogen-bond acceptors (Lipinski definition) is 4. The monoisotopic (exact) mass is 420 g/mol. The van der Waals surface area contributed by atoms with E-state index in [1.807, 2.05) is 12.1 Å². The highest BCUT2D eigenvalue weighted by atomic mass is 35.5. The fourth-order valence-electron chi connectivity index (χ4n) is 2.51. The molecule has 1 aromatic heterocycles. The third-order valence-electron chi connectivity index (χ3n) is 3.75.